The minimum absolute atomic E-state index is 0.307. The fraction of sp³-hybridized carbons (Fsp3) is 0.250. The van der Waals surface area contributed by atoms with Gasteiger partial charge in [-0.15, -0.1) is 0 Å². The molecule has 3 aromatic rings. The van der Waals surface area contributed by atoms with E-state index in [1.54, 1.807) is 32.4 Å². The van der Waals surface area contributed by atoms with Crippen LogP contribution in [-0.4, -0.2) is 35.9 Å². The van der Waals surface area contributed by atoms with E-state index >= 15 is 0 Å². The van der Waals surface area contributed by atoms with Crippen LogP contribution in [0.3, 0.4) is 0 Å². The molecule has 0 unspecified atom stereocenters. The van der Waals surface area contributed by atoms with Crippen LogP contribution < -0.4 is 14.9 Å². The van der Waals surface area contributed by atoms with E-state index in [0.29, 0.717) is 22.6 Å². The second-order valence-corrected chi connectivity index (χ2v) is 5.89. The lowest BCUT2D eigenvalue weighted by Crippen LogP contribution is -2.17. The second-order valence-electron chi connectivity index (χ2n) is 5.89. The number of hydrazone groups is 1. The minimum Gasteiger partial charge on any atom is -0.493 e. The molecule has 7 heteroatoms. The summed E-state index contributed by atoms with van der Waals surface area (Å²) in [5, 5.41) is 4.04. The Morgan fingerprint density at radius 3 is 2.78 bits per heavy atom. The Labute approximate surface area is 157 Å². The number of nitrogens with zero attached hydrogens (tertiary/aromatic N) is 3. The van der Waals surface area contributed by atoms with Crippen molar-refractivity contribution < 1.29 is 14.3 Å². The summed E-state index contributed by atoms with van der Waals surface area (Å²) in [4.78, 5) is 16.9. The van der Waals surface area contributed by atoms with Crippen LogP contribution in [0.15, 0.2) is 41.5 Å². The molecule has 0 bridgehead atoms. The quantitative estimate of drug-likeness (QED) is 0.537. The third-order valence-electron chi connectivity index (χ3n) is 4.32. The molecule has 2 aromatic carbocycles. The van der Waals surface area contributed by atoms with Gasteiger partial charge in [0.25, 0.3) is 5.91 Å². The number of rotatable bonds is 6. The smallest absolute Gasteiger partial charge is 0.271 e. The number of para-hydroxylation sites is 1. The van der Waals surface area contributed by atoms with E-state index in [9.17, 15) is 4.79 Å². The number of aromatic nitrogens is 2. The molecule has 0 radical (unpaired) electrons. The van der Waals surface area contributed by atoms with E-state index in [0.717, 1.165) is 23.4 Å². The van der Waals surface area contributed by atoms with Crippen LogP contribution in [0.25, 0.3) is 11.0 Å². The molecule has 1 aromatic heterocycles. The Morgan fingerprint density at radius 2 is 2.07 bits per heavy atom. The zero-order chi connectivity index (χ0) is 19.4. The predicted molar refractivity (Wildman–Crippen MR) is 105 cm³/mol. The normalized spacial score (nSPS) is 11.1. The molecule has 27 heavy (non-hydrogen) atoms. The number of benzene rings is 2. The lowest BCUT2D eigenvalue weighted by atomic mass is 10.2. The SMILES string of the molecule is CCn1c(C)nc2cc(C(=O)N/N=C\c3cccc(OC)c3OC)ccc21. The molecular formula is C20H22N4O3. The van der Waals surface area contributed by atoms with Crippen molar-refractivity contribution in [2.45, 2.75) is 20.4 Å². The number of nitrogens with one attached hydrogen (secondary N) is 1. The molecule has 140 valence electrons. The zero-order valence-electron chi connectivity index (χ0n) is 15.8. The van der Waals surface area contributed by atoms with Crippen LogP contribution in [0.4, 0.5) is 0 Å². The zero-order valence-corrected chi connectivity index (χ0v) is 15.8. The van der Waals surface area contributed by atoms with Gasteiger partial charge in [-0.1, -0.05) is 6.07 Å². The topological polar surface area (TPSA) is 77.7 Å². The van der Waals surface area contributed by atoms with Gasteiger partial charge in [-0.3, -0.25) is 4.79 Å². The summed E-state index contributed by atoms with van der Waals surface area (Å²) in [6, 6.07) is 10.9. The molecule has 0 aliphatic carbocycles. The molecule has 0 aliphatic rings. The van der Waals surface area contributed by atoms with Gasteiger partial charge in [0.15, 0.2) is 11.5 Å². The van der Waals surface area contributed by atoms with Crippen molar-refractivity contribution in [1.82, 2.24) is 15.0 Å². The highest BCUT2D eigenvalue weighted by Crippen LogP contribution is 2.29. The molecule has 0 atom stereocenters. The average Bonchev–Trinajstić information content (AvgIpc) is 3.01. The van der Waals surface area contributed by atoms with Gasteiger partial charge in [-0.25, -0.2) is 10.4 Å². The van der Waals surface area contributed by atoms with Gasteiger partial charge in [0.05, 0.1) is 31.5 Å². The van der Waals surface area contributed by atoms with Crippen molar-refractivity contribution in [2.24, 2.45) is 5.10 Å². The van der Waals surface area contributed by atoms with E-state index in [4.69, 9.17) is 9.47 Å². The first kappa shape index (κ1) is 18.4. The van der Waals surface area contributed by atoms with Crippen molar-refractivity contribution in [1.29, 1.82) is 0 Å². The monoisotopic (exact) mass is 366 g/mol. The molecule has 0 spiro atoms. The van der Waals surface area contributed by atoms with Gasteiger partial charge in [0.2, 0.25) is 0 Å². The van der Waals surface area contributed by atoms with Crippen molar-refractivity contribution in [2.75, 3.05) is 14.2 Å². The van der Waals surface area contributed by atoms with E-state index in [1.165, 1.54) is 6.21 Å². The summed E-state index contributed by atoms with van der Waals surface area (Å²) in [5.74, 6) is 1.77. The summed E-state index contributed by atoms with van der Waals surface area (Å²) in [6.07, 6.45) is 1.52. The lowest BCUT2D eigenvalue weighted by Gasteiger charge is -2.09. The molecule has 0 aliphatic heterocycles. The third-order valence-corrected chi connectivity index (χ3v) is 4.32. The van der Waals surface area contributed by atoms with Crippen molar-refractivity contribution >= 4 is 23.2 Å². The van der Waals surface area contributed by atoms with Crippen LogP contribution >= 0.6 is 0 Å². The van der Waals surface area contributed by atoms with E-state index in [2.05, 4.69) is 27.0 Å². The molecule has 1 amide bonds. The highest BCUT2D eigenvalue weighted by Gasteiger charge is 2.11. The fourth-order valence-corrected chi connectivity index (χ4v) is 3.03. The molecule has 1 heterocycles. The van der Waals surface area contributed by atoms with Gasteiger partial charge in [0.1, 0.15) is 5.82 Å². The molecule has 0 fully saturated rings. The molecule has 7 nitrogen and oxygen atoms in total. The molecule has 1 N–H and O–H groups in total. The summed E-state index contributed by atoms with van der Waals surface area (Å²) < 4.78 is 12.7. The number of hydrogen-bond acceptors (Lipinski definition) is 5. The average molecular weight is 366 g/mol. The fourth-order valence-electron chi connectivity index (χ4n) is 3.03. The number of aryl methyl sites for hydroxylation is 2. The number of imidazole rings is 1. The number of amides is 1. The summed E-state index contributed by atoms with van der Waals surface area (Å²) in [7, 11) is 3.12. The Morgan fingerprint density at radius 1 is 1.26 bits per heavy atom. The Balaban J connectivity index is 1.78. The first-order valence-corrected chi connectivity index (χ1v) is 8.60. The standard InChI is InChI=1S/C20H22N4O3/c1-5-24-13(2)22-16-11-14(9-10-17(16)24)20(25)23-21-12-15-7-6-8-18(26-3)19(15)27-4/h6-12H,5H2,1-4H3,(H,23,25)/b21-12-. The number of carbonyl (C=O) groups is 1. The van der Waals surface area contributed by atoms with Gasteiger partial charge < -0.3 is 14.0 Å². The van der Waals surface area contributed by atoms with Crippen molar-refractivity contribution in [3.05, 3.63) is 53.3 Å². The Hall–Kier alpha value is -3.35. The lowest BCUT2D eigenvalue weighted by molar-refractivity contribution is 0.0955. The molecular weight excluding hydrogens is 344 g/mol. The largest absolute Gasteiger partial charge is 0.493 e. The van der Waals surface area contributed by atoms with E-state index in [1.807, 2.05) is 25.1 Å². The van der Waals surface area contributed by atoms with Gasteiger partial charge in [-0.05, 0) is 44.2 Å². The van der Waals surface area contributed by atoms with Crippen molar-refractivity contribution in [3.8, 4) is 11.5 Å². The number of hydrogen-bond donors (Lipinski definition) is 1. The summed E-state index contributed by atoms with van der Waals surface area (Å²) in [6.45, 7) is 4.85. The maximum atomic E-state index is 12.4. The van der Waals surface area contributed by atoms with E-state index in [-0.39, 0.29) is 5.91 Å². The highest BCUT2D eigenvalue weighted by molar-refractivity contribution is 5.98. The Kier molecular flexibility index (Phi) is 5.40. The highest BCUT2D eigenvalue weighted by atomic mass is 16.5. The van der Waals surface area contributed by atoms with Crippen LogP contribution in [0, 0.1) is 6.92 Å². The van der Waals surface area contributed by atoms with Crippen molar-refractivity contribution in [3.63, 3.8) is 0 Å². The molecule has 3 rings (SSSR count). The molecule has 0 saturated heterocycles. The third kappa shape index (κ3) is 3.62. The summed E-state index contributed by atoms with van der Waals surface area (Å²) in [5.41, 5.74) is 5.54. The van der Waals surface area contributed by atoms with E-state index < -0.39 is 0 Å². The number of methoxy groups -OCH3 is 2. The van der Waals surface area contributed by atoms with Crippen LogP contribution in [0.1, 0.15) is 28.7 Å². The number of carbonyl (C=O) groups excluding carboxylic acids is 1. The first-order valence-electron chi connectivity index (χ1n) is 8.60. The number of ether oxygens (including phenoxy) is 2. The van der Waals surface area contributed by atoms with Gasteiger partial charge in [-0.2, -0.15) is 5.10 Å². The second kappa shape index (κ2) is 7.90. The van der Waals surface area contributed by atoms with Gasteiger partial charge in [0, 0.05) is 17.7 Å². The Bertz CT molecular complexity index is 1010. The molecule has 0 saturated carbocycles. The first-order chi connectivity index (χ1) is 13.1. The van der Waals surface area contributed by atoms with Crippen LogP contribution in [0.2, 0.25) is 0 Å². The minimum atomic E-state index is -0.307. The maximum absolute atomic E-state index is 12.4. The number of fused-ring (bicyclic) bond motifs is 1. The van der Waals surface area contributed by atoms with Crippen LogP contribution in [-0.2, 0) is 6.54 Å². The predicted octanol–water partition coefficient (Wildman–Crippen LogP) is 3.15. The summed E-state index contributed by atoms with van der Waals surface area (Å²) >= 11 is 0. The van der Waals surface area contributed by atoms with Gasteiger partial charge >= 0.3 is 0 Å². The maximum Gasteiger partial charge on any atom is 0.271 e. The van der Waals surface area contributed by atoms with Crippen LogP contribution in [0.5, 0.6) is 11.5 Å².